The van der Waals surface area contributed by atoms with E-state index in [0.717, 1.165) is 33.3 Å². The summed E-state index contributed by atoms with van der Waals surface area (Å²) in [4.78, 5) is 21.3. The molecule has 0 radical (unpaired) electrons. The first kappa shape index (κ1) is 17.1. The van der Waals surface area contributed by atoms with Crippen molar-refractivity contribution in [2.75, 3.05) is 5.32 Å². The van der Waals surface area contributed by atoms with E-state index in [4.69, 9.17) is 0 Å². The first-order chi connectivity index (χ1) is 14.3. The van der Waals surface area contributed by atoms with Crippen LogP contribution in [0.5, 0.6) is 0 Å². The molecule has 0 unspecified atom stereocenters. The maximum Gasteiger partial charge on any atom is 0.234 e. The van der Waals surface area contributed by atoms with Crippen LogP contribution >= 0.6 is 0 Å². The summed E-state index contributed by atoms with van der Waals surface area (Å²) in [6.45, 7) is 0. The Morgan fingerprint density at radius 1 is 0.931 bits per heavy atom. The molecule has 0 saturated heterocycles. The molecular formula is C24H18N4O. The standard InChI is InChI=1S/C24H18N4O/c29-23(15-19-7-3-6-17-5-1-2-8-21(17)19)26-20-11-9-18(10-12-20)22-16-28-14-4-13-25-24(28)27-22/h1-14,16H,15H2,(H,26,29). The third-order valence-electron chi connectivity index (χ3n) is 4.93. The summed E-state index contributed by atoms with van der Waals surface area (Å²) in [5.74, 6) is 0.626. The Balaban J connectivity index is 1.32. The fraction of sp³-hybridized carbons (Fsp3) is 0.0417. The lowest BCUT2D eigenvalue weighted by Gasteiger charge is -2.08. The van der Waals surface area contributed by atoms with Gasteiger partial charge in [-0.25, -0.2) is 9.97 Å². The van der Waals surface area contributed by atoms with Gasteiger partial charge in [0, 0.05) is 29.8 Å². The van der Waals surface area contributed by atoms with Crippen molar-refractivity contribution in [1.82, 2.24) is 14.4 Å². The number of nitrogens with one attached hydrogen (secondary N) is 1. The second-order valence-corrected chi connectivity index (χ2v) is 6.89. The van der Waals surface area contributed by atoms with Crippen LogP contribution in [0.3, 0.4) is 0 Å². The zero-order chi connectivity index (χ0) is 19.6. The summed E-state index contributed by atoms with van der Waals surface area (Å²) in [5, 5.41) is 5.24. The van der Waals surface area contributed by atoms with Crippen LogP contribution in [0.2, 0.25) is 0 Å². The number of rotatable bonds is 4. The Morgan fingerprint density at radius 2 is 1.76 bits per heavy atom. The highest BCUT2D eigenvalue weighted by atomic mass is 16.1. The van der Waals surface area contributed by atoms with E-state index in [1.165, 1.54) is 0 Å². The topological polar surface area (TPSA) is 59.3 Å². The molecule has 0 aliphatic heterocycles. The van der Waals surface area contributed by atoms with Gasteiger partial charge in [0.2, 0.25) is 11.7 Å². The number of amides is 1. The summed E-state index contributed by atoms with van der Waals surface area (Å²) in [7, 11) is 0. The lowest BCUT2D eigenvalue weighted by Crippen LogP contribution is -2.14. The molecule has 1 N–H and O–H groups in total. The van der Waals surface area contributed by atoms with Gasteiger partial charge < -0.3 is 5.32 Å². The van der Waals surface area contributed by atoms with Gasteiger partial charge in [0.1, 0.15) is 0 Å². The van der Waals surface area contributed by atoms with Crippen LogP contribution in [0.15, 0.2) is 91.4 Å². The molecule has 2 heterocycles. The second-order valence-electron chi connectivity index (χ2n) is 6.89. The normalized spacial score (nSPS) is 11.0. The lowest BCUT2D eigenvalue weighted by atomic mass is 10.0. The number of hydrogen-bond donors (Lipinski definition) is 1. The Hall–Kier alpha value is -3.99. The monoisotopic (exact) mass is 378 g/mol. The summed E-state index contributed by atoms with van der Waals surface area (Å²) in [5.41, 5.74) is 3.61. The van der Waals surface area contributed by atoms with Gasteiger partial charge in [0.15, 0.2) is 0 Å². The van der Waals surface area contributed by atoms with E-state index < -0.39 is 0 Å². The molecule has 0 saturated carbocycles. The molecule has 0 spiro atoms. The Morgan fingerprint density at radius 3 is 2.62 bits per heavy atom. The molecule has 2 aromatic heterocycles. The van der Waals surface area contributed by atoms with Crippen molar-refractivity contribution in [3.63, 3.8) is 0 Å². The number of imidazole rings is 1. The summed E-state index contributed by atoms with van der Waals surface area (Å²) < 4.78 is 1.88. The van der Waals surface area contributed by atoms with Crippen LogP contribution < -0.4 is 5.32 Å². The highest BCUT2D eigenvalue weighted by molar-refractivity contribution is 5.96. The van der Waals surface area contributed by atoms with Crippen molar-refractivity contribution in [2.45, 2.75) is 6.42 Å². The number of carbonyl (C=O) groups is 1. The molecule has 1 amide bonds. The molecule has 0 aliphatic carbocycles. The summed E-state index contributed by atoms with van der Waals surface area (Å²) >= 11 is 0. The molecule has 0 aliphatic rings. The largest absolute Gasteiger partial charge is 0.326 e. The second kappa shape index (κ2) is 7.20. The van der Waals surface area contributed by atoms with Crippen molar-refractivity contribution in [3.8, 4) is 11.3 Å². The van der Waals surface area contributed by atoms with Gasteiger partial charge in [0.05, 0.1) is 12.1 Å². The predicted molar refractivity (Wildman–Crippen MR) is 115 cm³/mol. The number of hydrogen-bond acceptors (Lipinski definition) is 3. The fourth-order valence-corrected chi connectivity index (χ4v) is 3.52. The van der Waals surface area contributed by atoms with Crippen molar-refractivity contribution in [3.05, 3.63) is 97.0 Å². The van der Waals surface area contributed by atoms with Crippen LogP contribution in [-0.2, 0) is 11.2 Å². The van der Waals surface area contributed by atoms with Gasteiger partial charge >= 0.3 is 0 Å². The molecule has 0 atom stereocenters. The van der Waals surface area contributed by atoms with Gasteiger partial charge in [-0.3, -0.25) is 9.20 Å². The number of nitrogens with zero attached hydrogens (tertiary/aromatic N) is 3. The van der Waals surface area contributed by atoms with Gasteiger partial charge in [-0.15, -0.1) is 0 Å². The average Bonchev–Trinajstić information content (AvgIpc) is 3.19. The molecule has 0 fully saturated rings. The number of carbonyl (C=O) groups excluding carboxylic acids is 1. The summed E-state index contributed by atoms with van der Waals surface area (Å²) in [6, 6.07) is 23.7. The molecule has 5 aromatic rings. The smallest absolute Gasteiger partial charge is 0.234 e. The third-order valence-corrected chi connectivity index (χ3v) is 4.93. The van der Waals surface area contributed by atoms with E-state index in [1.54, 1.807) is 6.20 Å². The minimum Gasteiger partial charge on any atom is -0.326 e. The Labute approximate surface area is 167 Å². The number of fused-ring (bicyclic) bond motifs is 2. The van der Waals surface area contributed by atoms with Gasteiger partial charge in [-0.2, -0.15) is 0 Å². The first-order valence-electron chi connectivity index (χ1n) is 9.43. The van der Waals surface area contributed by atoms with E-state index in [2.05, 4.69) is 33.5 Å². The molecule has 5 heteroatoms. The van der Waals surface area contributed by atoms with E-state index in [-0.39, 0.29) is 5.91 Å². The van der Waals surface area contributed by atoms with Gasteiger partial charge in [0.25, 0.3) is 0 Å². The summed E-state index contributed by atoms with van der Waals surface area (Å²) in [6.07, 6.45) is 5.92. The molecule has 5 nitrogen and oxygen atoms in total. The van der Waals surface area contributed by atoms with E-state index in [1.807, 2.05) is 71.4 Å². The van der Waals surface area contributed by atoms with Gasteiger partial charge in [-0.05, 0) is 34.5 Å². The van der Waals surface area contributed by atoms with E-state index in [0.29, 0.717) is 12.2 Å². The fourth-order valence-electron chi connectivity index (χ4n) is 3.52. The molecule has 3 aromatic carbocycles. The van der Waals surface area contributed by atoms with Crippen LogP contribution in [0.4, 0.5) is 5.69 Å². The van der Waals surface area contributed by atoms with Crippen LogP contribution in [0, 0.1) is 0 Å². The third kappa shape index (κ3) is 3.46. The molecule has 140 valence electrons. The SMILES string of the molecule is O=C(Cc1cccc2ccccc12)Nc1ccc(-c2cn3cccnc3n2)cc1. The maximum atomic E-state index is 12.6. The average molecular weight is 378 g/mol. The van der Waals surface area contributed by atoms with Crippen molar-refractivity contribution >= 4 is 28.1 Å². The van der Waals surface area contributed by atoms with Crippen LogP contribution in [0.1, 0.15) is 5.56 Å². The van der Waals surface area contributed by atoms with Gasteiger partial charge in [-0.1, -0.05) is 54.6 Å². The molecule has 5 rings (SSSR count). The van der Waals surface area contributed by atoms with Crippen molar-refractivity contribution in [2.24, 2.45) is 0 Å². The van der Waals surface area contributed by atoms with Crippen molar-refractivity contribution in [1.29, 1.82) is 0 Å². The number of anilines is 1. The molecular weight excluding hydrogens is 360 g/mol. The van der Waals surface area contributed by atoms with Crippen LogP contribution in [0.25, 0.3) is 27.8 Å². The van der Waals surface area contributed by atoms with E-state index >= 15 is 0 Å². The maximum absolute atomic E-state index is 12.6. The molecule has 29 heavy (non-hydrogen) atoms. The highest BCUT2D eigenvalue weighted by Crippen LogP contribution is 2.22. The minimum atomic E-state index is -0.0361. The zero-order valence-corrected chi connectivity index (χ0v) is 15.6. The quantitative estimate of drug-likeness (QED) is 0.492. The highest BCUT2D eigenvalue weighted by Gasteiger charge is 2.09. The van der Waals surface area contributed by atoms with E-state index in [9.17, 15) is 4.79 Å². The van der Waals surface area contributed by atoms with Crippen molar-refractivity contribution < 1.29 is 4.79 Å². The Bertz CT molecular complexity index is 1280. The first-order valence-corrected chi connectivity index (χ1v) is 9.43. The number of benzene rings is 3. The van der Waals surface area contributed by atoms with Crippen LogP contribution in [-0.4, -0.2) is 20.3 Å². The Kier molecular flexibility index (Phi) is 4.26. The lowest BCUT2D eigenvalue weighted by molar-refractivity contribution is -0.115. The zero-order valence-electron chi connectivity index (χ0n) is 15.6. The minimum absolute atomic E-state index is 0.0361. The predicted octanol–water partition coefficient (Wildman–Crippen LogP) is 4.73. The molecule has 0 bridgehead atoms. The number of aromatic nitrogens is 3.